The predicted molar refractivity (Wildman–Crippen MR) is 173 cm³/mol. The van der Waals surface area contributed by atoms with Gasteiger partial charge in [-0.3, -0.25) is 0 Å². The van der Waals surface area contributed by atoms with Crippen molar-refractivity contribution >= 4 is 12.0 Å². The molecule has 2 N–H and O–H groups in total. The Kier molecular flexibility index (Phi) is 7.36. The van der Waals surface area contributed by atoms with Crippen molar-refractivity contribution in [3.8, 4) is 5.75 Å². The summed E-state index contributed by atoms with van der Waals surface area (Å²) in [6, 6.07) is 6.85. The van der Waals surface area contributed by atoms with E-state index in [1.165, 1.54) is 38.2 Å². The number of hydrogen-bond donors (Lipinski definition) is 2. The number of hydrogen-bond acceptors (Lipinski definition) is 4. The lowest BCUT2D eigenvalue weighted by atomic mass is 9.33. The molecule has 236 valence electrons. The molecule has 0 bridgehead atoms. The summed E-state index contributed by atoms with van der Waals surface area (Å²) in [7, 11) is 0. The van der Waals surface area contributed by atoms with Gasteiger partial charge in [0, 0.05) is 23.5 Å². The van der Waals surface area contributed by atoms with Crippen LogP contribution in [0.3, 0.4) is 0 Å². The molecule has 0 aliphatic heterocycles. The molecular formula is C39H56O4. The van der Waals surface area contributed by atoms with Crippen LogP contribution in [0.1, 0.15) is 118 Å². The number of phenols is 1. The van der Waals surface area contributed by atoms with E-state index in [9.17, 15) is 15.0 Å². The van der Waals surface area contributed by atoms with Gasteiger partial charge in [-0.2, -0.15) is 0 Å². The summed E-state index contributed by atoms with van der Waals surface area (Å²) in [5.74, 6) is 1.55. The van der Waals surface area contributed by atoms with Crippen LogP contribution in [0.2, 0.25) is 0 Å². The fourth-order valence-electron chi connectivity index (χ4n) is 11.8. The van der Waals surface area contributed by atoms with E-state index in [1.54, 1.807) is 35.9 Å². The van der Waals surface area contributed by atoms with E-state index in [0.29, 0.717) is 29.8 Å². The summed E-state index contributed by atoms with van der Waals surface area (Å²) >= 11 is 0. The summed E-state index contributed by atoms with van der Waals surface area (Å²) in [5, 5.41) is 20.3. The molecule has 4 heteroatoms. The number of aromatic hydroxyl groups is 1. The van der Waals surface area contributed by atoms with E-state index < -0.39 is 0 Å². The van der Waals surface area contributed by atoms with Gasteiger partial charge in [0.1, 0.15) is 11.9 Å². The van der Waals surface area contributed by atoms with Crippen LogP contribution >= 0.6 is 0 Å². The van der Waals surface area contributed by atoms with Crippen LogP contribution in [0.15, 0.2) is 42.0 Å². The van der Waals surface area contributed by atoms with E-state index in [1.807, 2.05) is 0 Å². The van der Waals surface area contributed by atoms with Gasteiger partial charge >= 0.3 is 5.97 Å². The van der Waals surface area contributed by atoms with Gasteiger partial charge in [0.25, 0.3) is 0 Å². The minimum atomic E-state index is -0.280. The summed E-state index contributed by atoms with van der Waals surface area (Å²) in [5.41, 5.74) is 3.48. The molecule has 1 unspecified atom stereocenters. The maximum absolute atomic E-state index is 13.0. The molecule has 0 saturated heterocycles. The number of carbonyl (C=O) groups is 1. The lowest BCUT2D eigenvalue weighted by Gasteiger charge is -2.71. The summed E-state index contributed by atoms with van der Waals surface area (Å²) in [6.07, 6.45) is 17.4. The predicted octanol–water partition coefficient (Wildman–Crippen LogP) is 9.11. The molecular weight excluding hydrogens is 532 g/mol. The number of ether oxygens (including phenoxy) is 1. The molecule has 8 atom stereocenters. The summed E-state index contributed by atoms with van der Waals surface area (Å²) < 4.78 is 6.20. The van der Waals surface area contributed by atoms with Crippen molar-refractivity contribution in [2.24, 2.45) is 50.2 Å². The number of esters is 1. The Morgan fingerprint density at radius 3 is 2.30 bits per heavy atom. The fourth-order valence-corrected chi connectivity index (χ4v) is 11.8. The van der Waals surface area contributed by atoms with Gasteiger partial charge in [-0.15, -0.1) is 0 Å². The number of allylic oxidation sites excluding steroid dienone is 2. The van der Waals surface area contributed by atoms with Crippen LogP contribution in [0.5, 0.6) is 5.75 Å². The zero-order chi connectivity index (χ0) is 31.1. The van der Waals surface area contributed by atoms with E-state index in [0.717, 1.165) is 37.7 Å². The number of benzene rings is 1. The first kappa shape index (κ1) is 30.9. The first-order chi connectivity index (χ1) is 20.1. The fraction of sp³-hybridized carbons (Fsp3) is 0.718. The third-order valence-electron chi connectivity index (χ3n) is 14.6. The highest BCUT2D eigenvalue weighted by molar-refractivity contribution is 5.87. The zero-order valence-electron chi connectivity index (χ0n) is 27.8. The lowest BCUT2D eigenvalue weighted by molar-refractivity contribution is -0.212. The summed E-state index contributed by atoms with van der Waals surface area (Å²) in [4.78, 5) is 13.0. The Hall–Kier alpha value is -2.07. The molecule has 6 rings (SSSR count). The Balaban J connectivity index is 1.25. The van der Waals surface area contributed by atoms with Crippen molar-refractivity contribution in [3.05, 3.63) is 47.6 Å². The Bertz CT molecular complexity index is 1300. The van der Waals surface area contributed by atoms with Crippen molar-refractivity contribution in [1.82, 2.24) is 0 Å². The molecule has 1 aromatic carbocycles. The van der Waals surface area contributed by atoms with Crippen molar-refractivity contribution in [1.29, 1.82) is 0 Å². The molecule has 4 saturated carbocycles. The smallest absolute Gasteiger partial charge is 0.331 e. The number of fused-ring (bicyclic) bond motifs is 7. The maximum Gasteiger partial charge on any atom is 0.331 e. The standard InChI is InChI=1S/C39H56O4/c1-34(2)20-22-39(25-40)23-21-37(6)28(29(39)24-34)13-14-31-36(5)18-17-32(35(3,4)30(36)16-19-38(31,37)7)43-33(42)15-10-26-8-11-27(41)12-9-26/h8-13,15,29-32,40-41H,14,16-25H2,1-7H3/b15-10-/t29-,30-,31+,32?,36-,37+,38+,39+/m0/s1. The molecule has 0 heterocycles. The van der Waals surface area contributed by atoms with Crippen LogP contribution in [0.4, 0.5) is 0 Å². The van der Waals surface area contributed by atoms with Crippen molar-refractivity contribution in [3.63, 3.8) is 0 Å². The second kappa shape index (κ2) is 10.2. The number of aliphatic hydroxyl groups excluding tert-OH is 1. The van der Waals surface area contributed by atoms with E-state index in [2.05, 4.69) is 54.5 Å². The molecule has 43 heavy (non-hydrogen) atoms. The first-order valence-corrected chi connectivity index (χ1v) is 17.1. The van der Waals surface area contributed by atoms with Crippen LogP contribution in [-0.4, -0.2) is 28.9 Å². The van der Waals surface area contributed by atoms with Crippen molar-refractivity contribution < 1.29 is 19.7 Å². The molecule has 0 amide bonds. The SMILES string of the molecule is CC1(C)CC[C@]2(CO)CC[C@]3(C)C(=CC[C@@H]4[C@@]5(C)CCC(OC(=O)/C=C\c6ccc(O)cc6)C(C)(C)[C@@H]5CC[C@]43C)[C@@H]2C1. The van der Waals surface area contributed by atoms with Crippen LogP contribution in [0, 0.1) is 50.2 Å². The Morgan fingerprint density at radius 2 is 1.60 bits per heavy atom. The third kappa shape index (κ3) is 4.67. The topological polar surface area (TPSA) is 66.8 Å². The van der Waals surface area contributed by atoms with Gasteiger partial charge in [-0.05, 0) is 127 Å². The third-order valence-corrected chi connectivity index (χ3v) is 14.6. The molecule has 1 aromatic rings. The zero-order valence-corrected chi connectivity index (χ0v) is 27.8. The van der Waals surface area contributed by atoms with Gasteiger partial charge in [-0.25, -0.2) is 4.79 Å². The second-order valence-electron chi connectivity index (χ2n) is 17.4. The number of carbonyl (C=O) groups excluding carboxylic acids is 1. The molecule has 4 fully saturated rings. The monoisotopic (exact) mass is 588 g/mol. The quantitative estimate of drug-likeness (QED) is 0.209. The highest BCUT2D eigenvalue weighted by atomic mass is 16.5. The highest BCUT2D eigenvalue weighted by Gasteiger charge is 2.68. The van der Waals surface area contributed by atoms with Gasteiger partial charge in [0.2, 0.25) is 0 Å². The first-order valence-electron chi connectivity index (χ1n) is 17.1. The number of aliphatic hydroxyl groups is 1. The number of rotatable bonds is 4. The lowest BCUT2D eigenvalue weighted by Crippen LogP contribution is -2.65. The maximum atomic E-state index is 13.0. The van der Waals surface area contributed by atoms with Gasteiger partial charge in [0.15, 0.2) is 0 Å². The van der Waals surface area contributed by atoms with Gasteiger partial charge in [-0.1, -0.05) is 72.2 Å². The van der Waals surface area contributed by atoms with Crippen molar-refractivity contribution in [2.45, 2.75) is 119 Å². The van der Waals surface area contributed by atoms with Crippen molar-refractivity contribution in [2.75, 3.05) is 6.61 Å². The Morgan fingerprint density at radius 1 is 0.907 bits per heavy atom. The minimum Gasteiger partial charge on any atom is -0.508 e. The molecule has 0 spiro atoms. The van der Waals surface area contributed by atoms with E-state index in [-0.39, 0.29) is 44.9 Å². The van der Waals surface area contributed by atoms with Crippen LogP contribution < -0.4 is 0 Å². The molecule has 0 radical (unpaired) electrons. The van der Waals surface area contributed by atoms with Crippen LogP contribution in [0.25, 0.3) is 6.08 Å². The molecule has 5 aliphatic carbocycles. The second-order valence-corrected chi connectivity index (χ2v) is 17.4. The van der Waals surface area contributed by atoms with Gasteiger partial charge < -0.3 is 14.9 Å². The van der Waals surface area contributed by atoms with Crippen LogP contribution in [-0.2, 0) is 9.53 Å². The number of phenolic OH excluding ortho intramolecular Hbond substituents is 1. The summed E-state index contributed by atoms with van der Waals surface area (Å²) in [6.45, 7) is 17.7. The highest BCUT2D eigenvalue weighted by Crippen LogP contribution is 2.75. The molecule has 0 aromatic heterocycles. The van der Waals surface area contributed by atoms with E-state index >= 15 is 0 Å². The Labute approximate surface area is 260 Å². The molecule has 5 aliphatic rings. The van der Waals surface area contributed by atoms with Gasteiger partial charge in [0.05, 0.1) is 0 Å². The largest absolute Gasteiger partial charge is 0.508 e. The average Bonchev–Trinajstić information content (AvgIpc) is 2.94. The minimum absolute atomic E-state index is 0.0752. The average molecular weight is 589 g/mol. The molecule has 4 nitrogen and oxygen atoms in total. The van der Waals surface area contributed by atoms with E-state index in [4.69, 9.17) is 4.74 Å². The normalized spacial score (nSPS) is 43.0.